The molecule has 2 heterocycles. The molecule has 0 spiro atoms. The lowest BCUT2D eigenvalue weighted by Gasteiger charge is -2.36. The van der Waals surface area contributed by atoms with Gasteiger partial charge in [-0.3, -0.25) is 10.00 Å². The minimum absolute atomic E-state index is 0.269. The maximum absolute atomic E-state index is 15.1. The number of rotatable bonds is 4. The summed E-state index contributed by atoms with van der Waals surface area (Å²) in [5, 5.41) is 14.1. The molecule has 1 fully saturated rings. The average Bonchev–Trinajstić information content (AvgIpc) is 3.25. The molecule has 2 N–H and O–H groups in total. The highest BCUT2D eigenvalue weighted by Crippen LogP contribution is 2.34. The number of nitrogens with one attached hydrogen (secondary N) is 2. The lowest BCUT2D eigenvalue weighted by molar-refractivity contribution is 0.195. The molecular weight excluding hydrogens is 384 g/mol. The van der Waals surface area contributed by atoms with E-state index in [-0.39, 0.29) is 17.7 Å². The zero-order valence-corrected chi connectivity index (χ0v) is 16.3. The monoisotopic (exact) mass is 405 g/mol. The SMILES string of the molecule is Fc1ccc(C(c2cc(-c3ccc4[nH]nnc4c3)ccc2F)N2CCNCC2)cc1. The molecule has 5 nitrogen and oxygen atoms in total. The fourth-order valence-electron chi connectivity index (χ4n) is 4.13. The molecule has 1 aliphatic rings. The van der Waals surface area contributed by atoms with Crippen LogP contribution in [-0.4, -0.2) is 46.5 Å². The van der Waals surface area contributed by atoms with Crippen molar-refractivity contribution in [2.45, 2.75) is 6.04 Å². The Morgan fingerprint density at radius 2 is 1.60 bits per heavy atom. The maximum atomic E-state index is 15.1. The lowest BCUT2D eigenvalue weighted by Crippen LogP contribution is -2.45. The van der Waals surface area contributed by atoms with Crippen molar-refractivity contribution in [2.24, 2.45) is 0 Å². The van der Waals surface area contributed by atoms with Crippen molar-refractivity contribution in [1.29, 1.82) is 0 Å². The normalized spacial score (nSPS) is 16.1. The topological polar surface area (TPSA) is 56.8 Å². The first kappa shape index (κ1) is 18.8. The van der Waals surface area contributed by atoms with Gasteiger partial charge in [-0.15, -0.1) is 5.10 Å². The van der Waals surface area contributed by atoms with Gasteiger partial charge in [0.2, 0.25) is 0 Å². The van der Waals surface area contributed by atoms with E-state index in [9.17, 15) is 4.39 Å². The van der Waals surface area contributed by atoms with Crippen molar-refractivity contribution >= 4 is 11.0 Å². The first-order valence-electron chi connectivity index (χ1n) is 10.00. The molecule has 1 unspecified atom stereocenters. The highest BCUT2D eigenvalue weighted by Gasteiger charge is 2.26. The highest BCUT2D eigenvalue weighted by atomic mass is 19.1. The van der Waals surface area contributed by atoms with Crippen LogP contribution in [-0.2, 0) is 0 Å². The summed E-state index contributed by atoms with van der Waals surface area (Å²) in [4.78, 5) is 2.24. The van der Waals surface area contributed by atoms with E-state index in [1.54, 1.807) is 18.2 Å². The second kappa shape index (κ2) is 7.93. The van der Waals surface area contributed by atoms with E-state index >= 15 is 4.39 Å². The third kappa shape index (κ3) is 3.58. The number of benzene rings is 3. The van der Waals surface area contributed by atoms with Crippen LogP contribution in [0.3, 0.4) is 0 Å². The number of nitrogens with zero attached hydrogens (tertiary/aromatic N) is 3. The maximum Gasteiger partial charge on any atom is 0.128 e. The number of fused-ring (bicyclic) bond motifs is 1. The third-order valence-corrected chi connectivity index (χ3v) is 5.65. The van der Waals surface area contributed by atoms with Crippen LogP contribution in [0.15, 0.2) is 60.7 Å². The number of hydrogen-bond donors (Lipinski definition) is 2. The number of aromatic amines is 1. The van der Waals surface area contributed by atoms with Crippen molar-refractivity contribution in [2.75, 3.05) is 26.2 Å². The Morgan fingerprint density at radius 3 is 2.40 bits per heavy atom. The highest BCUT2D eigenvalue weighted by molar-refractivity contribution is 5.81. The number of hydrogen-bond acceptors (Lipinski definition) is 4. The Labute approximate surface area is 172 Å². The van der Waals surface area contributed by atoms with E-state index in [0.717, 1.165) is 53.9 Å². The van der Waals surface area contributed by atoms with Gasteiger partial charge >= 0.3 is 0 Å². The number of halogens is 2. The minimum Gasteiger partial charge on any atom is -0.314 e. The molecule has 7 heteroatoms. The molecule has 0 aliphatic carbocycles. The Morgan fingerprint density at radius 1 is 0.867 bits per heavy atom. The smallest absolute Gasteiger partial charge is 0.128 e. The van der Waals surface area contributed by atoms with Crippen LogP contribution in [0, 0.1) is 11.6 Å². The number of H-pyrrole nitrogens is 1. The molecule has 0 amide bonds. The summed E-state index contributed by atoms with van der Waals surface area (Å²) in [5.74, 6) is -0.568. The van der Waals surface area contributed by atoms with Crippen LogP contribution in [0.4, 0.5) is 8.78 Å². The number of piperazine rings is 1. The molecule has 0 saturated carbocycles. The fraction of sp³-hybridized carbons (Fsp3) is 0.217. The zero-order valence-electron chi connectivity index (χ0n) is 16.3. The quantitative estimate of drug-likeness (QED) is 0.541. The van der Waals surface area contributed by atoms with Crippen LogP contribution in [0.25, 0.3) is 22.2 Å². The van der Waals surface area contributed by atoms with Crippen molar-refractivity contribution < 1.29 is 8.78 Å². The van der Waals surface area contributed by atoms with Crippen LogP contribution in [0.5, 0.6) is 0 Å². The molecule has 152 valence electrons. The Balaban J connectivity index is 1.60. The van der Waals surface area contributed by atoms with Crippen molar-refractivity contribution in [3.63, 3.8) is 0 Å². The average molecular weight is 405 g/mol. The van der Waals surface area contributed by atoms with Crippen LogP contribution in [0.2, 0.25) is 0 Å². The van der Waals surface area contributed by atoms with E-state index < -0.39 is 0 Å². The molecule has 0 bridgehead atoms. The molecule has 1 aromatic heterocycles. The second-order valence-electron chi connectivity index (χ2n) is 7.52. The van der Waals surface area contributed by atoms with Gasteiger partial charge in [0.05, 0.1) is 11.6 Å². The largest absolute Gasteiger partial charge is 0.314 e. The number of aromatic nitrogens is 3. The molecule has 0 radical (unpaired) electrons. The van der Waals surface area contributed by atoms with Crippen LogP contribution < -0.4 is 5.32 Å². The van der Waals surface area contributed by atoms with Crippen LogP contribution >= 0.6 is 0 Å². The van der Waals surface area contributed by atoms with Gasteiger partial charge in [0.25, 0.3) is 0 Å². The van der Waals surface area contributed by atoms with E-state index in [1.807, 2.05) is 24.3 Å². The molecule has 30 heavy (non-hydrogen) atoms. The van der Waals surface area contributed by atoms with Gasteiger partial charge < -0.3 is 5.32 Å². The van der Waals surface area contributed by atoms with Gasteiger partial charge in [-0.05, 0) is 53.1 Å². The van der Waals surface area contributed by atoms with Crippen molar-refractivity contribution in [1.82, 2.24) is 25.6 Å². The van der Waals surface area contributed by atoms with Gasteiger partial charge in [-0.25, -0.2) is 8.78 Å². The summed E-state index contributed by atoms with van der Waals surface area (Å²) < 4.78 is 28.7. The zero-order chi connectivity index (χ0) is 20.5. The molecule has 5 rings (SSSR count). The van der Waals surface area contributed by atoms with Crippen molar-refractivity contribution in [3.05, 3.63) is 83.4 Å². The van der Waals surface area contributed by atoms with Crippen LogP contribution in [0.1, 0.15) is 17.2 Å². The summed E-state index contributed by atoms with van der Waals surface area (Å²) >= 11 is 0. The molecular formula is C23H21F2N5. The summed E-state index contributed by atoms with van der Waals surface area (Å²) in [7, 11) is 0. The van der Waals surface area contributed by atoms with Gasteiger partial charge in [0.1, 0.15) is 17.2 Å². The standard InChI is InChI=1S/C23H21F2N5/c24-18-5-1-15(2-6-18)23(30-11-9-26-10-12-30)19-13-16(3-7-20(19)25)17-4-8-21-22(14-17)28-29-27-21/h1-8,13-14,23,26H,9-12H2,(H,27,28,29). The minimum atomic E-state index is -0.298. The Hall–Kier alpha value is -3.16. The Bertz CT molecular complexity index is 1170. The molecule has 1 atom stereocenters. The first-order valence-corrected chi connectivity index (χ1v) is 10.00. The predicted molar refractivity (Wildman–Crippen MR) is 112 cm³/mol. The van der Waals surface area contributed by atoms with Gasteiger partial charge in [-0.1, -0.05) is 29.5 Å². The lowest BCUT2D eigenvalue weighted by atomic mass is 9.93. The van der Waals surface area contributed by atoms with E-state index in [0.29, 0.717) is 5.56 Å². The van der Waals surface area contributed by atoms with Gasteiger partial charge in [0.15, 0.2) is 0 Å². The van der Waals surface area contributed by atoms with Gasteiger partial charge in [-0.2, -0.15) is 0 Å². The van der Waals surface area contributed by atoms with Gasteiger partial charge in [0, 0.05) is 31.7 Å². The third-order valence-electron chi connectivity index (χ3n) is 5.65. The summed E-state index contributed by atoms with van der Waals surface area (Å²) in [6, 6.07) is 17.1. The molecule has 4 aromatic rings. The predicted octanol–water partition coefficient (Wildman–Crippen LogP) is 3.90. The molecule has 1 aliphatic heterocycles. The summed E-state index contributed by atoms with van der Waals surface area (Å²) in [5.41, 5.74) is 4.92. The fourth-order valence-corrected chi connectivity index (χ4v) is 4.13. The van der Waals surface area contributed by atoms with E-state index in [2.05, 4.69) is 25.6 Å². The summed E-state index contributed by atoms with van der Waals surface area (Å²) in [6.45, 7) is 3.25. The molecule has 3 aromatic carbocycles. The second-order valence-corrected chi connectivity index (χ2v) is 7.52. The first-order chi connectivity index (χ1) is 14.7. The van der Waals surface area contributed by atoms with E-state index in [1.165, 1.54) is 18.2 Å². The summed E-state index contributed by atoms with van der Waals surface area (Å²) in [6.07, 6.45) is 0. The van der Waals surface area contributed by atoms with Crippen molar-refractivity contribution in [3.8, 4) is 11.1 Å². The molecule has 1 saturated heterocycles. The Kier molecular flexibility index (Phi) is 4.98. The van der Waals surface area contributed by atoms with E-state index in [4.69, 9.17) is 0 Å².